The van der Waals surface area contributed by atoms with Gasteiger partial charge in [0.2, 0.25) is 5.91 Å². The molecule has 0 spiro atoms. The fourth-order valence-electron chi connectivity index (χ4n) is 2.70. The molecule has 110 valence electrons. The van der Waals surface area contributed by atoms with E-state index in [4.69, 9.17) is 5.73 Å². The fourth-order valence-corrected chi connectivity index (χ4v) is 2.70. The topological polar surface area (TPSA) is 55.1 Å². The third-order valence-corrected chi connectivity index (χ3v) is 4.26. The van der Waals surface area contributed by atoms with Crippen LogP contribution in [0.4, 0.5) is 4.39 Å². The molecule has 1 aromatic carbocycles. The van der Waals surface area contributed by atoms with Gasteiger partial charge in [-0.25, -0.2) is 4.39 Å². The molecule has 0 unspecified atom stereocenters. The minimum absolute atomic E-state index is 0.214. The molecule has 20 heavy (non-hydrogen) atoms. The number of hydrogen-bond acceptors (Lipinski definition) is 2. The van der Waals surface area contributed by atoms with Gasteiger partial charge in [-0.1, -0.05) is 19.9 Å². The summed E-state index contributed by atoms with van der Waals surface area (Å²) in [6.45, 7) is 5.09. The van der Waals surface area contributed by atoms with Gasteiger partial charge in [0.1, 0.15) is 5.82 Å². The molecule has 1 aliphatic carbocycles. The molecule has 4 heteroatoms. The lowest BCUT2D eigenvalue weighted by atomic mass is 9.75. The lowest BCUT2D eigenvalue weighted by molar-refractivity contribution is 0.1000. The maximum absolute atomic E-state index is 13.8. The van der Waals surface area contributed by atoms with Crippen molar-refractivity contribution in [2.24, 2.45) is 11.1 Å². The molecule has 0 radical (unpaired) electrons. The number of amides is 1. The second-order valence-electron chi connectivity index (χ2n) is 6.49. The Morgan fingerprint density at radius 1 is 1.40 bits per heavy atom. The normalized spacial score (nSPS) is 18.9. The van der Waals surface area contributed by atoms with Gasteiger partial charge in [0.15, 0.2) is 0 Å². The highest BCUT2D eigenvalue weighted by atomic mass is 19.1. The van der Waals surface area contributed by atoms with Crippen molar-refractivity contribution in [1.29, 1.82) is 0 Å². The zero-order valence-electron chi connectivity index (χ0n) is 12.2. The second-order valence-corrected chi connectivity index (χ2v) is 6.49. The number of carbonyl (C=O) groups is 1. The Balaban J connectivity index is 1.90. The Morgan fingerprint density at radius 2 is 2.05 bits per heavy atom. The molecule has 0 aliphatic heterocycles. The number of nitrogens with one attached hydrogen (secondary N) is 1. The zero-order valence-corrected chi connectivity index (χ0v) is 12.2. The molecule has 3 nitrogen and oxygen atoms in total. The molecule has 1 amide bonds. The number of nitrogens with two attached hydrogens (primary N) is 1. The van der Waals surface area contributed by atoms with Crippen LogP contribution in [-0.2, 0) is 6.54 Å². The summed E-state index contributed by atoms with van der Waals surface area (Å²) in [6, 6.07) is 4.88. The molecule has 1 saturated carbocycles. The summed E-state index contributed by atoms with van der Waals surface area (Å²) >= 11 is 0. The standard InChI is InChI=1S/C16H23FN2O/c1-16(2)7-5-13(6-8-16)19-10-12-4-3-11(15(18)20)9-14(12)17/h3-4,9,13,19H,5-8,10H2,1-2H3,(H2,18,20). The third-order valence-electron chi connectivity index (χ3n) is 4.26. The van der Waals surface area contributed by atoms with E-state index in [1.165, 1.54) is 18.9 Å². The molecule has 1 aromatic rings. The number of benzene rings is 1. The molecule has 1 fully saturated rings. The van der Waals surface area contributed by atoms with E-state index in [0.717, 1.165) is 12.8 Å². The molecular weight excluding hydrogens is 255 g/mol. The van der Waals surface area contributed by atoms with Crippen molar-refractivity contribution in [1.82, 2.24) is 5.32 Å². The molecule has 1 aliphatic rings. The first-order valence-corrected chi connectivity index (χ1v) is 7.19. The van der Waals surface area contributed by atoms with Gasteiger partial charge < -0.3 is 11.1 Å². The summed E-state index contributed by atoms with van der Waals surface area (Å²) < 4.78 is 13.8. The lowest BCUT2D eigenvalue weighted by Crippen LogP contribution is -2.35. The van der Waals surface area contributed by atoms with Gasteiger partial charge >= 0.3 is 0 Å². The number of primary amides is 1. The summed E-state index contributed by atoms with van der Waals surface area (Å²) in [5.41, 5.74) is 6.36. The Kier molecular flexibility index (Phi) is 4.43. The summed E-state index contributed by atoms with van der Waals surface area (Å²) in [5.74, 6) is -0.970. The van der Waals surface area contributed by atoms with E-state index >= 15 is 0 Å². The van der Waals surface area contributed by atoms with E-state index in [-0.39, 0.29) is 11.4 Å². The summed E-state index contributed by atoms with van der Waals surface area (Å²) in [5, 5.41) is 3.41. The van der Waals surface area contributed by atoms with Gasteiger partial charge in [0.25, 0.3) is 0 Å². The van der Waals surface area contributed by atoms with E-state index in [1.807, 2.05) is 0 Å². The van der Waals surface area contributed by atoms with Gasteiger partial charge in [-0.15, -0.1) is 0 Å². The van der Waals surface area contributed by atoms with Gasteiger partial charge in [-0.3, -0.25) is 4.79 Å². The molecule has 0 saturated heterocycles. The van der Waals surface area contributed by atoms with E-state index in [1.54, 1.807) is 12.1 Å². The van der Waals surface area contributed by atoms with Crippen LogP contribution in [0.25, 0.3) is 0 Å². The highest BCUT2D eigenvalue weighted by Crippen LogP contribution is 2.35. The van der Waals surface area contributed by atoms with E-state index in [2.05, 4.69) is 19.2 Å². The maximum Gasteiger partial charge on any atom is 0.248 e. The zero-order chi connectivity index (χ0) is 14.8. The van der Waals surface area contributed by atoms with E-state index in [9.17, 15) is 9.18 Å². The third kappa shape index (κ3) is 3.79. The first kappa shape index (κ1) is 15.0. The van der Waals surface area contributed by atoms with Crippen LogP contribution >= 0.6 is 0 Å². The highest BCUT2D eigenvalue weighted by molar-refractivity contribution is 5.92. The van der Waals surface area contributed by atoms with Crippen LogP contribution in [0.1, 0.15) is 55.5 Å². The van der Waals surface area contributed by atoms with Crippen molar-refractivity contribution in [3.63, 3.8) is 0 Å². The monoisotopic (exact) mass is 278 g/mol. The number of hydrogen-bond donors (Lipinski definition) is 2. The van der Waals surface area contributed by atoms with Crippen molar-refractivity contribution >= 4 is 5.91 Å². The summed E-state index contributed by atoms with van der Waals surface area (Å²) in [4.78, 5) is 11.0. The Hall–Kier alpha value is -1.42. The fraction of sp³-hybridized carbons (Fsp3) is 0.562. The van der Waals surface area contributed by atoms with E-state index < -0.39 is 5.91 Å². The van der Waals surface area contributed by atoms with Crippen LogP contribution in [-0.4, -0.2) is 11.9 Å². The molecule has 0 bridgehead atoms. The van der Waals surface area contributed by atoms with Crippen molar-refractivity contribution in [2.75, 3.05) is 0 Å². The predicted octanol–water partition coefficient (Wildman–Crippen LogP) is 2.98. The largest absolute Gasteiger partial charge is 0.366 e. The van der Waals surface area contributed by atoms with Crippen LogP contribution in [0.2, 0.25) is 0 Å². The van der Waals surface area contributed by atoms with Crippen LogP contribution in [0.5, 0.6) is 0 Å². The molecule has 0 heterocycles. The van der Waals surface area contributed by atoms with Crippen molar-refractivity contribution in [2.45, 2.75) is 52.1 Å². The average Bonchev–Trinajstić information content (AvgIpc) is 2.38. The second kappa shape index (κ2) is 5.92. The van der Waals surface area contributed by atoms with Gasteiger partial charge in [0.05, 0.1) is 0 Å². The van der Waals surface area contributed by atoms with Crippen molar-refractivity contribution in [3.05, 3.63) is 35.1 Å². The van der Waals surface area contributed by atoms with Gasteiger partial charge in [-0.2, -0.15) is 0 Å². The quantitative estimate of drug-likeness (QED) is 0.889. The molecule has 3 N–H and O–H groups in total. The Morgan fingerprint density at radius 3 is 2.60 bits per heavy atom. The summed E-state index contributed by atoms with van der Waals surface area (Å²) in [7, 11) is 0. The smallest absolute Gasteiger partial charge is 0.248 e. The van der Waals surface area contributed by atoms with Crippen molar-refractivity contribution < 1.29 is 9.18 Å². The van der Waals surface area contributed by atoms with Gasteiger partial charge in [0, 0.05) is 23.7 Å². The highest BCUT2D eigenvalue weighted by Gasteiger charge is 2.26. The Labute approximate surface area is 119 Å². The van der Waals surface area contributed by atoms with Crippen molar-refractivity contribution in [3.8, 4) is 0 Å². The lowest BCUT2D eigenvalue weighted by Gasteiger charge is -2.34. The van der Waals surface area contributed by atoms with Gasteiger partial charge in [-0.05, 0) is 43.2 Å². The number of carbonyl (C=O) groups excluding carboxylic acids is 1. The average molecular weight is 278 g/mol. The van der Waals surface area contributed by atoms with E-state index in [0.29, 0.717) is 23.6 Å². The van der Waals surface area contributed by atoms with Crippen LogP contribution < -0.4 is 11.1 Å². The first-order chi connectivity index (χ1) is 9.37. The first-order valence-electron chi connectivity index (χ1n) is 7.19. The van der Waals surface area contributed by atoms with Crippen LogP contribution in [0.15, 0.2) is 18.2 Å². The minimum atomic E-state index is -0.599. The SMILES string of the molecule is CC1(C)CCC(NCc2ccc(C(N)=O)cc2F)CC1. The van der Waals surface area contributed by atoms with Crippen LogP contribution in [0, 0.1) is 11.2 Å². The maximum atomic E-state index is 13.8. The number of rotatable bonds is 4. The summed E-state index contributed by atoms with van der Waals surface area (Å²) in [6.07, 6.45) is 4.67. The predicted molar refractivity (Wildman–Crippen MR) is 77.8 cm³/mol. The molecule has 2 rings (SSSR count). The Bertz CT molecular complexity index is 489. The minimum Gasteiger partial charge on any atom is -0.366 e. The molecule has 0 aromatic heterocycles. The number of halogens is 1. The van der Waals surface area contributed by atoms with Crippen LogP contribution in [0.3, 0.4) is 0 Å². The molecule has 0 atom stereocenters. The molecular formula is C16H23FN2O.